The van der Waals surface area contributed by atoms with Gasteiger partial charge in [-0.1, -0.05) is 36.5 Å². The number of aryl methyl sites for hydroxylation is 1. The molecule has 8 heteroatoms. The number of fused-ring (bicyclic) bond motifs is 1. The van der Waals surface area contributed by atoms with E-state index in [2.05, 4.69) is 15.3 Å². The van der Waals surface area contributed by atoms with Crippen molar-refractivity contribution in [3.05, 3.63) is 46.2 Å². The Kier molecular flexibility index (Phi) is 3.69. The first-order valence-electron chi connectivity index (χ1n) is 6.54. The van der Waals surface area contributed by atoms with Crippen LogP contribution in [0.4, 0.5) is 13.2 Å². The molecule has 0 fully saturated rings. The molecule has 0 aliphatic rings. The first-order valence-corrected chi connectivity index (χ1v) is 7.35. The van der Waals surface area contributed by atoms with Crippen LogP contribution in [0.2, 0.25) is 0 Å². The van der Waals surface area contributed by atoms with Gasteiger partial charge in [-0.15, -0.1) is 10.2 Å². The third-order valence-corrected chi connectivity index (χ3v) is 3.88. The van der Waals surface area contributed by atoms with Gasteiger partial charge in [0.1, 0.15) is 5.01 Å². The van der Waals surface area contributed by atoms with E-state index in [0.29, 0.717) is 22.0 Å². The van der Waals surface area contributed by atoms with Crippen LogP contribution in [0.25, 0.3) is 17.1 Å². The average molecular weight is 324 g/mol. The SMILES string of the molecule is CCc1nnc2sc(C=Cc3cccc(C(F)(F)F)c3)nn12. The van der Waals surface area contributed by atoms with Crippen molar-refractivity contribution in [2.75, 3.05) is 0 Å². The van der Waals surface area contributed by atoms with E-state index >= 15 is 0 Å². The third kappa shape index (κ3) is 2.87. The highest BCUT2D eigenvalue weighted by Gasteiger charge is 2.30. The molecule has 0 amide bonds. The lowest BCUT2D eigenvalue weighted by molar-refractivity contribution is -0.137. The van der Waals surface area contributed by atoms with Crippen molar-refractivity contribution in [1.29, 1.82) is 0 Å². The van der Waals surface area contributed by atoms with Crippen molar-refractivity contribution in [3.63, 3.8) is 0 Å². The topological polar surface area (TPSA) is 43.1 Å². The van der Waals surface area contributed by atoms with Crippen LogP contribution in [0.15, 0.2) is 24.3 Å². The lowest BCUT2D eigenvalue weighted by Crippen LogP contribution is -2.04. The number of aromatic nitrogens is 4. The van der Waals surface area contributed by atoms with E-state index in [4.69, 9.17) is 0 Å². The molecule has 3 rings (SSSR count). The molecule has 22 heavy (non-hydrogen) atoms. The minimum atomic E-state index is -4.34. The van der Waals surface area contributed by atoms with Crippen LogP contribution in [0.1, 0.15) is 28.9 Å². The standard InChI is InChI=1S/C14H11F3N4S/c1-2-11-18-19-13-21(11)20-12(22-13)7-6-9-4-3-5-10(8-9)14(15,16)17/h3-8H,2H2,1H3. The maximum Gasteiger partial charge on any atom is 0.416 e. The summed E-state index contributed by atoms with van der Waals surface area (Å²) in [6.07, 6.45) is -0.351. The van der Waals surface area contributed by atoms with Crippen LogP contribution in [0, 0.1) is 0 Å². The molecule has 0 saturated heterocycles. The Bertz CT molecular complexity index is 832. The van der Waals surface area contributed by atoms with Gasteiger partial charge in [0.05, 0.1) is 5.56 Å². The summed E-state index contributed by atoms with van der Waals surface area (Å²) in [6.45, 7) is 1.95. The van der Waals surface area contributed by atoms with Crippen molar-refractivity contribution in [2.45, 2.75) is 19.5 Å². The van der Waals surface area contributed by atoms with Gasteiger partial charge in [0.15, 0.2) is 5.82 Å². The highest BCUT2D eigenvalue weighted by atomic mass is 32.1. The minimum absolute atomic E-state index is 0.469. The van der Waals surface area contributed by atoms with Gasteiger partial charge in [0.2, 0.25) is 4.96 Å². The number of nitrogens with zero attached hydrogens (tertiary/aromatic N) is 4. The zero-order valence-electron chi connectivity index (χ0n) is 11.5. The van der Waals surface area contributed by atoms with Crippen molar-refractivity contribution in [2.24, 2.45) is 0 Å². The van der Waals surface area contributed by atoms with Gasteiger partial charge in [0, 0.05) is 6.42 Å². The molecule has 0 bridgehead atoms. The van der Waals surface area contributed by atoms with Crippen molar-refractivity contribution < 1.29 is 13.2 Å². The second-order valence-electron chi connectivity index (χ2n) is 4.56. The Morgan fingerprint density at radius 2 is 2.05 bits per heavy atom. The molecule has 0 N–H and O–H groups in total. The largest absolute Gasteiger partial charge is 0.416 e. The Hall–Kier alpha value is -2.22. The zero-order valence-corrected chi connectivity index (χ0v) is 12.3. The highest BCUT2D eigenvalue weighted by molar-refractivity contribution is 7.17. The number of halogens is 3. The highest BCUT2D eigenvalue weighted by Crippen LogP contribution is 2.30. The first kappa shape index (κ1) is 14.7. The molecular formula is C14H11F3N4S. The molecule has 114 valence electrons. The van der Waals surface area contributed by atoms with E-state index in [1.165, 1.54) is 17.4 Å². The fraction of sp³-hybridized carbons (Fsp3) is 0.214. The Labute approximate surface area is 127 Å². The molecule has 2 heterocycles. The maximum absolute atomic E-state index is 12.7. The molecule has 0 spiro atoms. The molecule has 0 saturated carbocycles. The van der Waals surface area contributed by atoms with Crippen LogP contribution in [-0.4, -0.2) is 19.8 Å². The molecule has 0 aliphatic heterocycles. The molecule has 4 nitrogen and oxygen atoms in total. The molecule has 0 unspecified atom stereocenters. The van der Waals surface area contributed by atoms with Crippen LogP contribution < -0.4 is 0 Å². The monoisotopic (exact) mass is 324 g/mol. The lowest BCUT2D eigenvalue weighted by Gasteiger charge is -2.06. The summed E-state index contributed by atoms with van der Waals surface area (Å²) in [7, 11) is 0. The second kappa shape index (κ2) is 5.53. The smallest absolute Gasteiger partial charge is 0.187 e. The number of rotatable bonds is 3. The van der Waals surface area contributed by atoms with Crippen LogP contribution in [0.5, 0.6) is 0 Å². The van der Waals surface area contributed by atoms with E-state index in [0.717, 1.165) is 18.0 Å². The first-order chi connectivity index (χ1) is 10.5. The van der Waals surface area contributed by atoms with Crippen LogP contribution in [0.3, 0.4) is 0 Å². The summed E-state index contributed by atoms with van der Waals surface area (Å²) in [4.78, 5) is 0.667. The van der Waals surface area contributed by atoms with E-state index in [9.17, 15) is 13.2 Å². The molecule has 0 radical (unpaired) electrons. The van der Waals surface area contributed by atoms with Gasteiger partial charge >= 0.3 is 6.18 Å². The predicted octanol–water partition coefficient (Wildman–Crippen LogP) is 3.94. The van der Waals surface area contributed by atoms with Crippen molar-refractivity contribution in [3.8, 4) is 0 Å². The van der Waals surface area contributed by atoms with Gasteiger partial charge < -0.3 is 0 Å². The van der Waals surface area contributed by atoms with Crippen LogP contribution >= 0.6 is 11.3 Å². The van der Waals surface area contributed by atoms with Gasteiger partial charge in [-0.3, -0.25) is 0 Å². The molecule has 0 atom stereocenters. The summed E-state index contributed by atoms with van der Waals surface area (Å²) < 4.78 is 39.6. The quantitative estimate of drug-likeness (QED) is 0.733. The summed E-state index contributed by atoms with van der Waals surface area (Å²) in [6, 6.07) is 5.15. The molecule has 0 aliphatic carbocycles. The summed E-state index contributed by atoms with van der Waals surface area (Å²) in [5.74, 6) is 0.755. The number of alkyl halides is 3. The molecule has 3 aromatic rings. The van der Waals surface area contributed by atoms with Crippen LogP contribution in [-0.2, 0) is 12.6 Å². The average Bonchev–Trinajstić information content (AvgIpc) is 3.04. The number of hydrogen-bond donors (Lipinski definition) is 0. The van der Waals surface area contributed by atoms with E-state index in [1.54, 1.807) is 22.7 Å². The summed E-state index contributed by atoms with van der Waals surface area (Å²) in [5.41, 5.74) is -0.197. The van der Waals surface area contributed by atoms with Crippen molar-refractivity contribution >= 4 is 28.4 Å². The second-order valence-corrected chi connectivity index (χ2v) is 5.55. The molecular weight excluding hydrogens is 313 g/mol. The summed E-state index contributed by atoms with van der Waals surface area (Å²) in [5, 5.41) is 13.0. The van der Waals surface area contributed by atoms with E-state index < -0.39 is 11.7 Å². The predicted molar refractivity (Wildman–Crippen MR) is 78.4 cm³/mol. The summed E-state index contributed by atoms with van der Waals surface area (Å²) >= 11 is 1.33. The van der Waals surface area contributed by atoms with Gasteiger partial charge in [-0.05, 0) is 23.8 Å². The van der Waals surface area contributed by atoms with E-state index in [-0.39, 0.29) is 0 Å². The van der Waals surface area contributed by atoms with Crippen molar-refractivity contribution in [1.82, 2.24) is 19.8 Å². The Balaban J connectivity index is 1.88. The fourth-order valence-corrected chi connectivity index (χ4v) is 2.71. The third-order valence-electron chi connectivity index (χ3n) is 3.02. The van der Waals surface area contributed by atoms with Gasteiger partial charge in [-0.2, -0.15) is 22.8 Å². The normalized spacial score (nSPS) is 12.5. The van der Waals surface area contributed by atoms with Gasteiger partial charge in [-0.25, -0.2) is 0 Å². The van der Waals surface area contributed by atoms with E-state index in [1.807, 2.05) is 6.92 Å². The zero-order chi connectivity index (χ0) is 15.7. The van der Waals surface area contributed by atoms with Gasteiger partial charge in [0.25, 0.3) is 0 Å². The number of hydrogen-bond acceptors (Lipinski definition) is 4. The lowest BCUT2D eigenvalue weighted by atomic mass is 10.1. The minimum Gasteiger partial charge on any atom is -0.187 e. The fourth-order valence-electron chi connectivity index (χ4n) is 1.95. The Morgan fingerprint density at radius 1 is 1.23 bits per heavy atom. The molecule has 2 aromatic heterocycles. The molecule has 1 aromatic carbocycles. The maximum atomic E-state index is 12.7. The number of benzene rings is 1. The Morgan fingerprint density at radius 3 is 2.77 bits per heavy atom.